The zero-order valence-electron chi connectivity index (χ0n) is 15.8. The summed E-state index contributed by atoms with van der Waals surface area (Å²) in [7, 11) is -2.96. The summed E-state index contributed by atoms with van der Waals surface area (Å²) < 4.78 is 17.7. The van der Waals surface area contributed by atoms with Gasteiger partial charge in [0.1, 0.15) is 5.67 Å². The molecule has 0 radical (unpaired) electrons. The average Bonchev–Trinajstić information content (AvgIpc) is 2.61. The zero-order valence-corrected chi connectivity index (χ0v) is 16.8. The lowest BCUT2D eigenvalue weighted by Gasteiger charge is -2.35. The largest absolute Gasteiger partial charge is 0.524 e. The minimum atomic E-state index is -2.96. The zero-order chi connectivity index (χ0) is 18.5. The molecule has 1 aromatic carbocycles. The Morgan fingerprint density at radius 3 is 2.04 bits per heavy atom. The van der Waals surface area contributed by atoms with E-state index in [0.29, 0.717) is 32.8 Å². The number of benzene rings is 1. The highest BCUT2D eigenvalue weighted by Crippen LogP contribution is 2.18. The molecule has 0 aromatic heterocycles. The molecule has 0 aliphatic rings. The minimum absolute atomic E-state index is 0.223. The molecule has 0 bridgehead atoms. The Balaban J connectivity index is 2.62. The number of carbonyl (C=O) groups is 1. The van der Waals surface area contributed by atoms with Crippen LogP contribution in [0.15, 0.2) is 30.3 Å². The summed E-state index contributed by atoms with van der Waals surface area (Å²) in [6.45, 7) is 9.75. The quantitative estimate of drug-likeness (QED) is 0.557. The van der Waals surface area contributed by atoms with Crippen LogP contribution in [0.4, 0.5) is 4.79 Å². The number of urea groups is 1. The standard InChI is InChI=1S/C18H32N2O4Si/c1-5-17(25(22-6-2,23-7-3)24-8-4)20-18(21)19-15-14-16-12-10-9-11-13-16/h9-13,17H,5-8,14-15H2,1-4H3,(H2,19,20,21)/t17-/m0/s1. The van der Waals surface area contributed by atoms with Gasteiger partial charge >= 0.3 is 14.8 Å². The van der Waals surface area contributed by atoms with Crippen LogP contribution >= 0.6 is 0 Å². The first-order valence-electron chi connectivity index (χ1n) is 9.11. The number of nitrogens with one attached hydrogen (secondary N) is 2. The molecule has 0 spiro atoms. The topological polar surface area (TPSA) is 68.8 Å². The highest BCUT2D eigenvalue weighted by Gasteiger charge is 2.49. The molecule has 0 unspecified atom stereocenters. The normalized spacial score (nSPS) is 12.6. The van der Waals surface area contributed by atoms with Crippen molar-refractivity contribution in [1.29, 1.82) is 0 Å². The number of hydrogen-bond acceptors (Lipinski definition) is 4. The highest BCUT2D eigenvalue weighted by molar-refractivity contribution is 6.62. The predicted molar refractivity (Wildman–Crippen MR) is 101 cm³/mol. The summed E-state index contributed by atoms with van der Waals surface area (Å²) in [6.07, 6.45) is 1.47. The van der Waals surface area contributed by atoms with Gasteiger partial charge in [-0.2, -0.15) is 0 Å². The van der Waals surface area contributed by atoms with E-state index >= 15 is 0 Å². The number of carbonyl (C=O) groups excluding carboxylic acids is 1. The number of hydrogen-bond donors (Lipinski definition) is 2. The average molecular weight is 369 g/mol. The van der Waals surface area contributed by atoms with E-state index < -0.39 is 8.80 Å². The molecule has 1 aromatic rings. The van der Waals surface area contributed by atoms with Gasteiger partial charge in [-0.15, -0.1) is 0 Å². The Kier molecular flexibility index (Phi) is 10.4. The van der Waals surface area contributed by atoms with Crippen molar-refractivity contribution < 1.29 is 18.1 Å². The van der Waals surface area contributed by atoms with Gasteiger partial charge in [-0.3, -0.25) is 0 Å². The molecule has 1 rings (SSSR count). The third kappa shape index (κ3) is 7.15. The Morgan fingerprint density at radius 2 is 1.56 bits per heavy atom. The molecular weight excluding hydrogens is 336 g/mol. The van der Waals surface area contributed by atoms with E-state index in [-0.39, 0.29) is 11.7 Å². The van der Waals surface area contributed by atoms with Crippen LogP contribution in [0.1, 0.15) is 39.7 Å². The fourth-order valence-electron chi connectivity index (χ4n) is 2.65. The molecule has 6 nitrogen and oxygen atoms in total. The van der Waals surface area contributed by atoms with Crippen LogP contribution in [-0.2, 0) is 19.7 Å². The number of amides is 2. The highest BCUT2D eigenvalue weighted by atomic mass is 28.4. The Morgan fingerprint density at radius 1 is 1.00 bits per heavy atom. The smallest absolute Gasteiger partial charge is 0.373 e. The molecule has 2 N–H and O–H groups in total. The van der Waals surface area contributed by atoms with Crippen LogP contribution in [-0.4, -0.2) is 46.9 Å². The van der Waals surface area contributed by atoms with Gasteiger partial charge in [0.25, 0.3) is 0 Å². The van der Waals surface area contributed by atoms with E-state index in [1.807, 2.05) is 58.0 Å². The third-order valence-electron chi connectivity index (χ3n) is 3.72. The van der Waals surface area contributed by atoms with Crippen molar-refractivity contribution >= 4 is 14.8 Å². The maximum Gasteiger partial charge on any atom is 0.524 e. The van der Waals surface area contributed by atoms with E-state index in [2.05, 4.69) is 10.6 Å². The first-order chi connectivity index (χ1) is 12.1. The van der Waals surface area contributed by atoms with Gasteiger partial charge in [0.05, 0.1) is 0 Å². The van der Waals surface area contributed by atoms with Crippen molar-refractivity contribution in [2.45, 2.75) is 46.2 Å². The van der Waals surface area contributed by atoms with Gasteiger partial charge in [-0.1, -0.05) is 37.3 Å². The molecule has 7 heteroatoms. The minimum Gasteiger partial charge on any atom is -0.373 e. The lowest BCUT2D eigenvalue weighted by atomic mass is 10.1. The molecule has 0 fully saturated rings. The lowest BCUT2D eigenvalue weighted by molar-refractivity contribution is 0.0583. The Labute approximate surface area is 152 Å². The van der Waals surface area contributed by atoms with Crippen LogP contribution in [0, 0.1) is 0 Å². The fraction of sp³-hybridized carbons (Fsp3) is 0.611. The first-order valence-corrected chi connectivity index (χ1v) is 10.9. The van der Waals surface area contributed by atoms with Crippen LogP contribution in [0.5, 0.6) is 0 Å². The summed E-state index contributed by atoms with van der Waals surface area (Å²) in [6, 6.07) is 9.84. The number of rotatable bonds is 12. The van der Waals surface area contributed by atoms with Crippen LogP contribution < -0.4 is 10.6 Å². The van der Waals surface area contributed by atoms with E-state index in [0.717, 1.165) is 6.42 Å². The van der Waals surface area contributed by atoms with Crippen LogP contribution in [0.3, 0.4) is 0 Å². The summed E-state index contributed by atoms with van der Waals surface area (Å²) in [5.74, 6) is 0. The SMILES string of the molecule is CCO[Si](OCC)(OCC)[C@@H](CC)NC(=O)NCCc1ccccc1. The molecule has 1 atom stereocenters. The Bertz CT molecular complexity index is 470. The van der Waals surface area contributed by atoms with Crippen molar-refractivity contribution in [3.63, 3.8) is 0 Å². The monoisotopic (exact) mass is 368 g/mol. The summed E-state index contributed by atoms with van der Waals surface area (Å²) in [5, 5.41) is 5.88. The summed E-state index contributed by atoms with van der Waals surface area (Å²) >= 11 is 0. The molecule has 0 saturated heterocycles. The molecule has 25 heavy (non-hydrogen) atoms. The van der Waals surface area contributed by atoms with Crippen molar-refractivity contribution in [2.75, 3.05) is 26.4 Å². The molecule has 0 aliphatic heterocycles. The maximum atomic E-state index is 12.3. The van der Waals surface area contributed by atoms with Crippen molar-refractivity contribution in [3.8, 4) is 0 Å². The van der Waals surface area contributed by atoms with Gasteiger partial charge < -0.3 is 23.9 Å². The second-order valence-corrected chi connectivity index (χ2v) is 8.27. The third-order valence-corrected chi connectivity index (χ3v) is 7.20. The van der Waals surface area contributed by atoms with Gasteiger partial charge in [-0.05, 0) is 39.2 Å². The van der Waals surface area contributed by atoms with Gasteiger partial charge in [0.2, 0.25) is 0 Å². The van der Waals surface area contributed by atoms with Crippen molar-refractivity contribution in [3.05, 3.63) is 35.9 Å². The predicted octanol–water partition coefficient (Wildman–Crippen LogP) is 2.89. The molecule has 0 heterocycles. The molecule has 142 valence electrons. The second-order valence-electron chi connectivity index (χ2n) is 5.50. The second kappa shape index (κ2) is 12.0. The van der Waals surface area contributed by atoms with E-state index in [4.69, 9.17) is 13.3 Å². The lowest BCUT2D eigenvalue weighted by Crippen LogP contribution is -2.64. The molecule has 0 saturated carbocycles. The van der Waals surface area contributed by atoms with E-state index in [1.54, 1.807) is 0 Å². The summed E-state index contributed by atoms with van der Waals surface area (Å²) in [4.78, 5) is 12.3. The fourth-order valence-corrected chi connectivity index (χ4v) is 5.51. The Hall–Kier alpha value is -1.41. The van der Waals surface area contributed by atoms with Crippen LogP contribution in [0.2, 0.25) is 0 Å². The maximum absolute atomic E-state index is 12.3. The van der Waals surface area contributed by atoms with Gasteiger partial charge in [0.15, 0.2) is 0 Å². The summed E-state index contributed by atoms with van der Waals surface area (Å²) in [5.41, 5.74) is 0.917. The van der Waals surface area contributed by atoms with Gasteiger partial charge in [0, 0.05) is 26.4 Å². The molecule has 0 aliphatic carbocycles. The van der Waals surface area contributed by atoms with E-state index in [9.17, 15) is 4.79 Å². The molecule has 2 amide bonds. The van der Waals surface area contributed by atoms with Crippen LogP contribution in [0.25, 0.3) is 0 Å². The molecular formula is C18H32N2O4Si. The first kappa shape index (κ1) is 21.6. The van der Waals surface area contributed by atoms with Gasteiger partial charge in [-0.25, -0.2) is 4.79 Å². The van der Waals surface area contributed by atoms with Crippen molar-refractivity contribution in [1.82, 2.24) is 10.6 Å². The van der Waals surface area contributed by atoms with Crippen molar-refractivity contribution in [2.24, 2.45) is 0 Å². The van der Waals surface area contributed by atoms with E-state index in [1.165, 1.54) is 5.56 Å².